The molecule has 0 saturated heterocycles. The van der Waals surface area contributed by atoms with Crippen molar-refractivity contribution in [2.75, 3.05) is 13.2 Å². The molecule has 108 valence electrons. The summed E-state index contributed by atoms with van der Waals surface area (Å²) in [5.74, 6) is 1.93. The molecule has 0 bridgehead atoms. The summed E-state index contributed by atoms with van der Waals surface area (Å²) in [6.45, 7) is 13.2. The molecule has 0 amide bonds. The van der Waals surface area contributed by atoms with E-state index < -0.39 is 0 Å². The Morgan fingerprint density at radius 2 is 1.89 bits per heavy atom. The quantitative estimate of drug-likeness (QED) is 0.789. The number of hydrogen-bond acceptors (Lipinski definition) is 2. The highest BCUT2D eigenvalue weighted by Gasteiger charge is 2.15. The highest BCUT2D eigenvalue weighted by molar-refractivity contribution is 6.30. The van der Waals surface area contributed by atoms with E-state index in [1.54, 1.807) is 0 Å². The number of nitrogens with one attached hydrogen (secondary N) is 1. The number of halogens is 1. The molecule has 3 heteroatoms. The van der Waals surface area contributed by atoms with Crippen molar-refractivity contribution in [2.24, 2.45) is 5.92 Å². The van der Waals surface area contributed by atoms with Crippen molar-refractivity contribution < 1.29 is 4.74 Å². The van der Waals surface area contributed by atoms with Crippen LogP contribution in [0.3, 0.4) is 0 Å². The predicted molar refractivity (Wildman–Crippen MR) is 83.3 cm³/mol. The summed E-state index contributed by atoms with van der Waals surface area (Å²) in [7, 11) is 0. The molecule has 1 rings (SSSR count). The number of rotatable bonds is 7. The van der Waals surface area contributed by atoms with Crippen LogP contribution in [0.2, 0.25) is 5.02 Å². The van der Waals surface area contributed by atoms with E-state index in [0.717, 1.165) is 36.0 Å². The lowest BCUT2D eigenvalue weighted by Gasteiger charge is -2.20. The van der Waals surface area contributed by atoms with Gasteiger partial charge in [0.25, 0.3) is 0 Å². The minimum atomic E-state index is 0.404. The van der Waals surface area contributed by atoms with Crippen LogP contribution in [0.5, 0.6) is 5.75 Å². The third-order valence-electron chi connectivity index (χ3n) is 2.91. The lowest BCUT2D eigenvalue weighted by Crippen LogP contribution is -2.15. The van der Waals surface area contributed by atoms with E-state index in [4.69, 9.17) is 16.3 Å². The van der Waals surface area contributed by atoms with Crippen molar-refractivity contribution in [3.63, 3.8) is 0 Å². The van der Waals surface area contributed by atoms with Crippen molar-refractivity contribution in [1.82, 2.24) is 5.32 Å². The van der Waals surface area contributed by atoms with Gasteiger partial charge in [-0.3, -0.25) is 0 Å². The van der Waals surface area contributed by atoms with E-state index in [9.17, 15) is 0 Å². The SMILES string of the molecule is CCNCc1cc(Cl)cc(C(C)C)c1OCC(C)C. The molecule has 0 aliphatic heterocycles. The second kappa shape index (κ2) is 7.76. The van der Waals surface area contributed by atoms with Gasteiger partial charge < -0.3 is 10.1 Å². The summed E-state index contributed by atoms with van der Waals surface area (Å²) in [5, 5.41) is 4.13. The summed E-state index contributed by atoms with van der Waals surface area (Å²) in [5.41, 5.74) is 2.35. The van der Waals surface area contributed by atoms with Crippen LogP contribution in [0, 0.1) is 5.92 Å². The average molecular weight is 284 g/mol. The van der Waals surface area contributed by atoms with Gasteiger partial charge in [-0.2, -0.15) is 0 Å². The molecule has 1 aromatic rings. The molecule has 0 radical (unpaired) electrons. The van der Waals surface area contributed by atoms with Crippen molar-refractivity contribution in [3.8, 4) is 5.75 Å². The third-order valence-corrected chi connectivity index (χ3v) is 3.13. The fourth-order valence-corrected chi connectivity index (χ4v) is 2.17. The molecule has 0 fully saturated rings. The Balaban J connectivity index is 3.10. The van der Waals surface area contributed by atoms with Crippen molar-refractivity contribution in [3.05, 3.63) is 28.3 Å². The highest BCUT2D eigenvalue weighted by atomic mass is 35.5. The minimum Gasteiger partial charge on any atom is -0.493 e. The molecular formula is C16H26ClNO. The first kappa shape index (κ1) is 16.3. The van der Waals surface area contributed by atoms with Gasteiger partial charge in [-0.15, -0.1) is 0 Å². The van der Waals surface area contributed by atoms with E-state index in [1.165, 1.54) is 5.56 Å². The monoisotopic (exact) mass is 283 g/mol. The van der Waals surface area contributed by atoms with Crippen LogP contribution in [0.4, 0.5) is 0 Å². The van der Waals surface area contributed by atoms with Gasteiger partial charge in [0.2, 0.25) is 0 Å². The Bertz CT molecular complexity index is 402. The van der Waals surface area contributed by atoms with Crippen LogP contribution in [0.25, 0.3) is 0 Å². The highest BCUT2D eigenvalue weighted by Crippen LogP contribution is 2.33. The maximum Gasteiger partial charge on any atom is 0.127 e. The Morgan fingerprint density at radius 3 is 2.42 bits per heavy atom. The van der Waals surface area contributed by atoms with Gasteiger partial charge in [-0.25, -0.2) is 0 Å². The Kier molecular flexibility index (Phi) is 6.67. The van der Waals surface area contributed by atoms with Crippen LogP contribution in [-0.4, -0.2) is 13.2 Å². The van der Waals surface area contributed by atoms with Crippen LogP contribution in [0.1, 0.15) is 51.7 Å². The van der Waals surface area contributed by atoms with Crippen molar-refractivity contribution in [2.45, 2.75) is 47.1 Å². The minimum absolute atomic E-state index is 0.404. The first-order valence-corrected chi connectivity index (χ1v) is 7.49. The van der Waals surface area contributed by atoms with E-state index in [-0.39, 0.29) is 0 Å². The maximum absolute atomic E-state index is 6.22. The molecule has 2 nitrogen and oxygen atoms in total. The fourth-order valence-electron chi connectivity index (χ4n) is 1.92. The fraction of sp³-hybridized carbons (Fsp3) is 0.625. The van der Waals surface area contributed by atoms with Gasteiger partial charge in [-0.1, -0.05) is 46.2 Å². The molecule has 0 aliphatic rings. The zero-order valence-electron chi connectivity index (χ0n) is 12.7. The summed E-state index contributed by atoms with van der Waals surface area (Å²) in [6, 6.07) is 4.03. The van der Waals surface area contributed by atoms with E-state index in [1.807, 2.05) is 12.1 Å². The Labute approximate surface area is 122 Å². The van der Waals surface area contributed by atoms with Gasteiger partial charge in [0.15, 0.2) is 0 Å². The number of benzene rings is 1. The van der Waals surface area contributed by atoms with Gasteiger partial charge in [0, 0.05) is 17.1 Å². The normalized spacial score (nSPS) is 11.4. The van der Waals surface area contributed by atoms with Gasteiger partial charge in [-0.05, 0) is 36.1 Å². The molecule has 0 aliphatic carbocycles. The van der Waals surface area contributed by atoms with Crippen LogP contribution < -0.4 is 10.1 Å². The summed E-state index contributed by atoms with van der Waals surface area (Å²) in [4.78, 5) is 0. The predicted octanol–water partition coefficient (Wildman–Crippen LogP) is 4.61. The second-order valence-corrected chi connectivity index (χ2v) is 6.06. The first-order valence-electron chi connectivity index (χ1n) is 7.11. The molecule has 0 atom stereocenters. The number of hydrogen-bond donors (Lipinski definition) is 1. The van der Waals surface area contributed by atoms with Crippen LogP contribution in [-0.2, 0) is 6.54 Å². The molecule has 1 aromatic carbocycles. The molecule has 0 spiro atoms. The van der Waals surface area contributed by atoms with E-state index in [2.05, 4.69) is 39.9 Å². The van der Waals surface area contributed by atoms with Crippen molar-refractivity contribution >= 4 is 11.6 Å². The number of ether oxygens (including phenoxy) is 1. The topological polar surface area (TPSA) is 21.3 Å². The molecule has 0 aromatic heterocycles. The maximum atomic E-state index is 6.22. The molecule has 0 saturated carbocycles. The van der Waals surface area contributed by atoms with Crippen molar-refractivity contribution in [1.29, 1.82) is 0 Å². The average Bonchev–Trinajstić information content (AvgIpc) is 2.33. The van der Waals surface area contributed by atoms with Crippen LogP contribution >= 0.6 is 11.6 Å². The lowest BCUT2D eigenvalue weighted by atomic mass is 9.98. The largest absolute Gasteiger partial charge is 0.493 e. The Hall–Kier alpha value is -0.730. The third kappa shape index (κ3) is 5.04. The summed E-state index contributed by atoms with van der Waals surface area (Å²) >= 11 is 6.22. The van der Waals surface area contributed by atoms with Gasteiger partial charge in [0.05, 0.1) is 6.61 Å². The second-order valence-electron chi connectivity index (χ2n) is 5.62. The molecule has 19 heavy (non-hydrogen) atoms. The lowest BCUT2D eigenvalue weighted by molar-refractivity contribution is 0.264. The van der Waals surface area contributed by atoms with Crippen LogP contribution in [0.15, 0.2) is 12.1 Å². The molecular weight excluding hydrogens is 258 g/mol. The van der Waals surface area contributed by atoms with Gasteiger partial charge >= 0.3 is 0 Å². The molecule has 1 N–H and O–H groups in total. The zero-order chi connectivity index (χ0) is 14.4. The standard InChI is InChI=1S/C16H26ClNO/c1-6-18-9-13-7-14(17)8-15(12(4)5)16(13)19-10-11(2)3/h7-8,11-12,18H,6,9-10H2,1-5H3. The smallest absolute Gasteiger partial charge is 0.127 e. The van der Waals surface area contributed by atoms with E-state index >= 15 is 0 Å². The molecule has 0 heterocycles. The summed E-state index contributed by atoms with van der Waals surface area (Å²) in [6.07, 6.45) is 0. The molecule has 0 unspecified atom stereocenters. The van der Waals surface area contributed by atoms with E-state index in [0.29, 0.717) is 11.8 Å². The zero-order valence-corrected chi connectivity index (χ0v) is 13.5. The first-order chi connectivity index (χ1) is 8.95. The Morgan fingerprint density at radius 1 is 1.21 bits per heavy atom. The van der Waals surface area contributed by atoms with Gasteiger partial charge in [0.1, 0.15) is 5.75 Å². The summed E-state index contributed by atoms with van der Waals surface area (Å²) < 4.78 is 6.04.